The van der Waals surface area contributed by atoms with E-state index in [0.29, 0.717) is 0 Å². The fourth-order valence-electron chi connectivity index (χ4n) is 4.50. The van der Waals surface area contributed by atoms with E-state index >= 15 is 8.78 Å². The molecule has 37 heavy (non-hydrogen) atoms. The third-order valence-electron chi connectivity index (χ3n) is 6.07. The molecule has 0 aromatic heterocycles. The zero-order chi connectivity index (χ0) is 26.8. The second-order valence-corrected chi connectivity index (χ2v) is 7.95. The molecule has 0 atom stereocenters. The van der Waals surface area contributed by atoms with Gasteiger partial charge in [-0.1, -0.05) is 48.5 Å². The number of fused-ring (bicyclic) bond motifs is 2. The molecule has 188 valence electrons. The molecule has 0 heterocycles. The van der Waals surface area contributed by atoms with Gasteiger partial charge in [0.15, 0.2) is 40.7 Å². The number of hydrogen-bond donors (Lipinski definition) is 0. The zero-order valence-electron chi connectivity index (χ0n) is 18.4. The van der Waals surface area contributed by atoms with Crippen molar-refractivity contribution in [1.82, 2.24) is 0 Å². The first-order valence-electron chi connectivity index (χ1n) is 10.5. The predicted molar refractivity (Wildman–Crippen MR) is 119 cm³/mol. The van der Waals surface area contributed by atoms with Gasteiger partial charge in [-0.25, -0.2) is 30.7 Å². The Balaban J connectivity index is 2.06. The van der Waals surface area contributed by atoms with Gasteiger partial charge in [0.05, 0.1) is 18.2 Å². The largest absolute Gasteiger partial charge is 0.491 e. The van der Waals surface area contributed by atoms with Gasteiger partial charge in [0.2, 0.25) is 17.5 Å². The minimum Gasteiger partial charge on any atom is -0.491 e. The number of rotatable bonds is 3. The van der Waals surface area contributed by atoms with Gasteiger partial charge in [-0.15, -0.1) is 0 Å². The molecule has 0 saturated heterocycles. The Morgan fingerprint density at radius 3 is 0.946 bits per heavy atom. The smallest absolute Gasteiger partial charge is 0.204 e. The molecule has 0 spiro atoms. The van der Waals surface area contributed by atoms with E-state index in [1.54, 1.807) is 0 Å². The molecule has 0 saturated carbocycles. The minimum atomic E-state index is -2.36. The Hall–Kier alpha value is -4.21. The van der Waals surface area contributed by atoms with Crippen LogP contribution in [0.4, 0.5) is 39.5 Å². The van der Waals surface area contributed by atoms with Gasteiger partial charge in [0, 0.05) is 11.1 Å². The van der Waals surface area contributed by atoms with Crippen molar-refractivity contribution >= 4 is 21.5 Å². The summed E-state index contributed by atoms with van der Waals surface area (Å²) in [5.74, 6) is -19.6. The lowest BCUT2D eigenvalue weighted by Crippen LogP contribution is -2.06. The van der Waals surface area contributed by atoms with Gasteiger partial charge in [0.25, 0.3) is 0 Å². The summed E-state index contributed by atoms with van der Waals surface area (Å²) in [5, 5.41) is -0.756. The summed E-state index contributed by atoms with van der Waals surface area (Å²) in [6.45, 7) is 0. The quantitative estimate of drug-likeness (QED) is 0.0998. The molecular formula is C27H11F9O. The van der Waals surface area contributed by atoms with Crippen molar-refractivity contribution in [3.8, 4) is 28.0 Å². The van der Waals surface area contributed by atoms with Crippen LogP contribution in [0.3, 0.4) is 0 Å². The van der Waals surface area contributed by atoms with Gasteiger partial charge in [-0.05, 0) is 21.5 Å². The number of halogens is 9. The Morgan fingerprint density at radius 2 is 0.649 bits per heavy atom. The first kappa shape index (κ1) is 24.5. The van der Waals surface area contributed by atoms with Crippen molar-refractivity contribution < 1.29 is 44.3 Å². The highest BCUT2D eigenvalue weighted by molar-refractivity contribution is 6.21. The molecule has 0 aliphatic heterocycles. The highest BCUT2D eigenvalue weighted by Gasteiger charge is 2.32. The van der Waals surface area contributed by atoms with Crippen LogP contribution in [0, 0.1) is 52.4 Å². The molecule has 5 rings (SSSR count). The molecule has 0 amide bonds. The molecule has 5 aromatic carbocycles. The van der Waals surface area contributed by atoms with Crippen molar-refractivity contribution in [1.29, 1.82) is 0 Å². The molecule has 5 aromatic rings. The van der Waals surface area contributed by atoms with Crippen molar-refractivity contribution in [3.05, 3.63) is 101 Å². The van der Waals surface area contributed by atoms with E-state index in [1.807, 2.05) is 0 Å². The van der Waals surface area contributed by atoms with Gasteiger partial charge < -0.3 is 4.74 Å². The maximum Gasteiger partial charge on any atom is 0.204 e. The molecule has 0 bridgehead atoms. The summed E-state index contributed by atoms with van der Waals surface area (Å²) >= 11 is 0. The van der Waals surface area contributed by atoms with Crippen LogP contribution in [0.2, 0.25) is 0 Å². The second kappa shape index (κ2) is 8.72. The normalized spacial score (nSPS) is 11.5. The summed E-state index contributed by atoms with van der Waals surface area (Å²) in [4.78, 5) is 0. The first-order chi connectivity index (χ1) is 17.6. The van der Waals surface area contributed by atoms with Gasteiger partial charge >= 0.3 is 0 Å². The molecular weight excluding hydrogens is 511 g/mol. The zero-order valence-corrected chi connectivity index (χ0v) is 18.4. The van der Waals surface area contributed by atoms with Crippen LogP contribution < -0.4 is 4.74 Å². The van der Waals surface area contributed by atoms with E-state index in [-0.39, 0.29) is 21.5 Å². The van der Waals surface area contributed by atoms with Crippen molar-refractivity contribution in [2.24, 2.45) is 0 Å². The summed E-state index contributed by atoms with van der Waals surface area (Å²) in [5.41, 5.74) is -3.30. The fourth-order valence-corrected chi connectivity index (χ4v) is 4.50. The third-order valence-corrected chi connectivity index (χ3v) is 6.07. The second-order valence-electron chi connectivity index (χ2n) is 7.95. The average Bonchev–Trinajstić information content (AvgIpc) is 2.91. The van der Waals surface area contributed by atoms with Crippen LogP contribution in [0.25, 0.3) is 43.8 Å². The highest BCUT2D eigenvalue weighted by atomic mass is 19.2. The Morgan fingerprint density at radius 1 is 0.378 bits per heavy atom. The average molecular weight is 522 g/mol. The maximum atomic E-state index is 15.2. The van der Waals surface area contributed by atoms with E-state index in [0.717, 1.165) is 7.11 Å². The van der Waals surface area contributed by atoms with Crippen molar-refractivity contribution in [2.75, 3.05) is 7.11 Å². The summed E-state index contributed by atoms with van der Waals surface area (Å²) in [6.07, 6.45) is 0. The van der Waals surface area contributed by atoms with Crippen molar-refractivity contribution in [3.63, 3.8) is 0 Å². The molecule has 0 unspecified atom stereocenters. The van der Waals surface area contributed by atoms with Gasteiger partial charge in [-0.3, -0.25) is 0 Å². The van der Waals surface area contributed by atoms with Crippen LogP contribution in [-0.4, -0.2) is 7.11 Å². The van der Waals surface area contributed by atoms with Gasteiger partial charge in [0.1, 0.15) is 0 Å². The maximum absolute atomic E-state index is 15.2. The van der Waals surface area contributed by atoms with E-state index in [1.165, 1.54) is 48.5 Å². The van der Waals surface area contributed by atoms with Crippen LogP contribution in [0.5, 0.6) is 5.75 Å². The summed E-state index contributed by atoms with van der Waals surface area (Å²) in [7, 11) is 0.809. The monoisotopic (exact) mass is 522 g/mol. The lowest BCUT2D eigenvalue weighted by molar-refractivity contribution is 0.334. The van der Waals surface area contributed by atoms with E-state index in [9.17, 15) is 30.7 Å². The van der Waals surface area contributed by atoms with E-state index in [2.05, 4.69) is 4.74 Å². The molecule has 1 nitrogen and oxygen atoms in total. The molecule has 0 aliphatic rings. The molecule has 0 N–H and O–H groups in total. The lowest BCUT2D eigenvalue weighted by Gasteiger charge is -2.20. The predicted octanol–water partition coefficient (Wildman–Crippen LogP) is 8.59. The van der Waals surface area contributed by atoms with E-state index in [4.69, 9.17) is 0 Å². The summed E-state index contributed by atoms with van der Waals surface area (Å²) < 4.78 is 136. The first-order valence-corrected chi connectivity index (χ1v) is 10.5. The topological polar surface area (TPSA) is 9.23 Å². The number of methoxy groups -OCH3 is 1. The third kappa shape index (κ3) is 3.35. The minimum absolute atomic E-state index is 0.179. The Bertz CT molecular complexity index is 1650. The van der Waals surface area contributed by atoms with Crippen LogP contribution in [0.15, 0.2) is 48.5 Å². The van der Waals surface area contributed by atoms with Gasteiger partial charge in [-0.2, -0.15) is 8.78 Å². The van der Waals surface area contributed by atoms with Crippen LogP contribution in [0.1, 0.15) is 0 Å². The highest BCUT2D eigenvalue weighted by Crippen LogP contribution is 2.48. The Labute approximate surface area is 202 Å². The molecule has 0 aliphatic carbocycles. The standard InChI is InChI=1S/C27H11F9O/c1-37-27-25(35)20(30)17(21(31)26(27)36)15-12-8-4-2-6-10(12)14(11-7-3-5-9-13(11)15)16-18(28)22(32)24(34)23(33)19(16)29/h2-9H,1H3. The van der Waals surface area contributed by atoms with Crippen LogP contribution in [-0.2, 0) is 0 Å². The molecule has 10 heteroatoms. The number of benzene rings is 5. The summed E-state index contributed by atoms with van der Waals surface area (Å²) in [6, 6.07) is 10.3. The van der Waals surface area contributed by atoms with Crippen molar-refractivity contribution in [2.45, 2.75) is 0 Å². The Kier molecular flexibility index (Phi) is 5.77. The number of hydrogen-bond acceptors (Lipinski definition) is 1. The number of ether oxygens (including phenoxy) is 1. The SMILES string of the molecule is COc1c(F)c(F)c(-c2c3ccccc3c(-c3c(F)c(F)c(F)c(F)c3F)c3ccccc23)c(F)c1F. The van der Waals surface area contributed by atoms with E-state index < -0.39 is 80.4 Å². The van der Waals surface area contributed by atoms with Crippen LogP contribution >= 0.6 is 0 Å². The molecule has 0 radical (unpaired) electrons. The fraction of sp³-hybridized carbons (Fsp3) is 0.0370. The lowest BCUT2D eigenvalue weighted by atomic mass is 9.85. The molecule has 0 fully saturated rings.